The Hall–Kier alpha value is 0.370. The Morgan fingerprint density at radius 1 is 1.50 bits per heavy atom. The molecule has 0 heterocycles. The maximum Gasteiger partial charge on any atom is 0.692 e. The molecular weight excluding hydrogens is 123 g/mol. The average Bonchev–Trinajstić information content (AvgIpc) is 1.41. The van der Waals surface area contributed by atoms with Crippen LogP contribution in [-0.4, -0.2) is 16.0 Å². The Balaban J connectivity index is 0. The van der Waals surface area contributed by atoms with Crippen LogP contribution >= 0.6 is 20.9 Å². The van der Waals surface area contributed by atoms with E-state index in [1.165, 1.54) is 0 Å². The van der Waals surface area contributed by atoms with E-state index in [0.29, 0.717) is 0 Å². The summed E-state index contributed by atoms with van der Waals surface area (Å²) >= 11 is 3.53. The monoisotopic (exact) mass is 129 g/mol. The van der Waals surface area contributed by atoms with Crippen LogP contribution in [0.15, 0.2) is 0 Å². The van der Waals surface area contributed by atoms with E-state index in [2.05, 4.69) is 12.6 Å². The van der Waals surface area contributed by atoms with Gasteiger partial charge in [-0.2, -0.15) is 12.6 Å². The zero-order chi connectivity index (χ0) is 5.58. The largest absolute Gasteiger partial charge is 0.692 e. The van der Waals surface area contributed by atoms with E-state index in [0.717, 1.165) is 0 Å². The molecule has 0 aliphatic carbocycles. The highest BCUT2D eigenvalue weighted by atomic mass is 32.1. The summed E-state index contributed by atoms with van der Waals surface area (Å²) in [6, 6.07) is 0. The molecule has 0 amide bonds. The van der Waals surface area contributed by atoms with E-state index in [-0.39, 0.29) is 0 Å². The second kappa shape index (κ2) is 9.03. The second-order valence-electron chi connectivity index (χ2n) is 0.253. The van der Waals surface area contributed by atoms with Crippen molar-refractivity contribution in [3.63, 3.8) is 0 Å². The highest BCUT2D eigenvalue weighted by molar-refractivity contribution is 7.79. The van der Waals surface area contributed by atoms with Gasteiger partial charge in [-0.15, -0.1) is 9.79 Å². The molecule has 6 heavy (non-hydrogen) atoms. The Morgan fingerprint density at radius 3 is 1.50 bits per heavy atom. The topological polar surface area (TPSA) is 57.5 Å². The smallest absolute Gasteiger partial charge is 0.183 e. The van der Waals surface area contributed by atoms with Gasteiger partial charge in [0.05, 0.1) is 0 Å². The molecule has 0 rings (SSSR count). The van der Waals surface area contributed by atoms with Gasteiger partial charge < -0.3 is 0 Å². The fourth-order valence-electron chi connectivity index (χ4n) is 0. The number of hydrogen-bond donors (Lipinski definition) is 3. The summed E-state index contributed by atoms with van der Waals surface area (Å²) in [5, 5.41) is 0. The summed E-state index contributed by atoms with van der Waals surface area (Å²) in [6.07, 6.45) is 1.69. The molecule has 5 heteroatoms. The zero-order valence-electron chi connectivity index (χ0n) is 3.20. The third-order valence-corrected chi connectivity index (χ3v) is 0. The first-order valence-corrected chi connectivity index (χ1v) is 3.09. The van der Waals surface area contributed by atoms with Crippen LogP contribution < -0.4 is 0 Å². The van der Waals surface area contributed by atoms with Crippen LogP contribution in [0.1, 0.15) is 0 Å². The van der Waals surface area contributed by atoms with Crippen molar-refractivity contribution in [2.24, 2.45) is 0 Å². The Kier molecular flexibility index (Phi) is 14.5. The van der Waals surface area contributed by atoms with E-state index in [9.17, 15) is 0 Å². The van der Waals surface area contributed by atoms with Gasteiger partial charge in [-0.25, -0.2) is 0 Å². The third-order valence-electron chi connectivity index (χ3n) is 0. The average molecular weight is 129 g/mol. The van der Waals surface area contributed by atoms with Gasteiger partial charge in [0.2, 0.25) is 0 Å². The van der Waals surface area contributed by atoms with E-state index in [1.54, 1.807) is 6.26 Å². The predicted octanol–water partition coefficient (Wildman–Crippen LogP) is 0.174. The minimum absolute atomic E-state index is 1.69. The van der Waals surface area contributed by atoms with Crippen molar-refractivity contribution in [1.82, 2.24) is 0 Å². The summed E-state index contributed by atoms with van der Waals surface area (Å²) in [4.78, 5) is 14.2. The van der Waals surface area contributed by atoms with Crippen molar-refractivity contribution in [3.8, 4) is 0 Å². The first-order valence-electron chi connectivity index (χ1n) is 1.03. The fraction of sp³-hybridized carbons (Fsp3) is 1.00. The lowest BCUT2D eigenvalue weighted by atomic mass is 12.0. The van der Waals surface area contributed by atoms with Crippen molar-refractivity contribution in [3.05, 3.63) is 0 Å². The van der Waals surface area contributed by atoms with Gasteiger partial charge in [0, 0.05) is 4.57 Å². The third kappa shape index (κ3) is 363. The number of hydrogen-bond acceptors (Lipinski definition) is 2. The fourth-order valence-corrected chi connectivity index (χ4v) is 0. The molecule has 0 unspecified atom stereocenters. The van der Waals surface area contributed by atoms with Crippen LogP contribution in [0.4, 0.5) is 0 Å². The molecule has 0 aliphatic heterocycles. The maximum atomic E-state index is 8.70. The molecule has 0 saturated heterocycles. The lowest BCUT2D eigenvalue weighted by molar-refractivity contribution is 0.405. The minimum atomic E-state index is -2.87. The number of rotatable bonds is 0. The predicted molar refractivity (Wildman–Crippen MR) is 27.0 cm³/mol. The van der Waals surface area contributed by atoms with Gasteiger partial charge in [-0.1, -0.05) is 0 Å². The Bertz CT molecular complexity index is 33.8. The second-order valence-corrected chi connectivity index (χ2v) is 0.758. The SMILES string of the molecule is CS.O=[P+](O)O. The molecular formula is CH6O3PS+. The van der Waals surface area contributed by atoms with Crippen LogP contribution in [0.3, 0.4) is 0 Å². The molecule has 0 aromatic carbocycles. The maximum absolute atomic E-state index is 8.70. The van der Waals surface area contributed by atoms with Gasteiger partial charge in [-0.3, -0.25) is 0 Å². The van der Waals surface area contributed by atoms with E-state index < -0.39 is 8.25 Å². The van der Waals surface area contributed by atoms with E-state index >= 15 is 0 Å². The van der Waals surface area contributed by atoms with Crippen molar-refractivity contribution in [2.75, 3.05) is 6.26 Å². The summed E-state index contributed by atoms with van der Waals surface area (Å²) in [5.74, 6) is 0. The Morgan fingerprint density at radius 2 is 1.50 bits per heavy atom. The molecule has 0 saturated carbocycles. The van der Waals surface area contributed by atoms with Gasteiger partial charge in [0.25, 0.3) is 0 Å². The molecule has 0 aromatic rings. The zero-order valence-corrected chi connectivity index (χ0v) is 4.99. The van der Waals surface area contributed by atoms with Gasteiger partial charge in [0.1, 0.15) is 0 Å². The first kappa shape index (κ1) is 9.62. The van der Waals surface area contributed by atoms with Crippen LogP contribution in [0, 0.1) is 0 Å². The summed E-state index contributed by atoms with van der Waals surface area (Å²) in [5.41, 5.74) is 0. The minimum Gasteiger partial charge on any atom is -0.183 e. The quantitative estimate of drug-likeness (QED) is 0.323. The molecule has 0 atom stereocenters. The van der Waals surface area contributed by atoms with E-state index in [4.69, 9.17) is 14.4 Å². The molecule has 38 valence electrons. The summed E-state index contributed by atoms with van der Waals surface area (Å²) in [7, 11) is -2.87. The lowest BCUT2D eigenvalue weighted by Crippen LogP contribution is -1.38. The normalized spacial score (nSPS) is 5.33. The van der Waals surface area contributed by atoms with Crippen LogP contribution in [0.5, 0.6) is 0 Å². The Labute approximate surface area is 42.4 Å². The molecule has 3 nitrogen and oxygen atoms in total. The van der Waals surface area contributed by atoms with Crippen LogP contribution in [0.2, 0.25) is 0 Å². The molecule has 0 aliphatic rings. The molecule has 0 spiro atoms. The van der Waals surface area contributed by atoms with Gasteiger partial charge >= 0.3 is 8.25 Å². The molecule has 0 fully saturated rings. The van der Waals surface area contributed by atoms with Crippen molar-refractivity contribution in [2.45, 2.75) is 0 Å². The molecule has 0 bridgehead atoms. The molecule has 2 N–H and O–H groups in total. The van der Waals surface area contributed by atoms with Gasteiger partial charge in [0.15, 0.2) is 0 Å². The first-order chi connectivity index (χ1) is 2.73. The van der Waals surface area contributed by atoms with Crippen LogP contribution in [-0.2, 0) is 4.57 Å². The van der Waals surface area contributed by atoms with E-state index in [1.807, 2.05) is 0 Å². The van der Waals surface area contributed by atoms with Crippen molar-refractivity contribution in [1.29, 1.82) is 0 Å². The van der Waals surface area contributed by atoms with Crippen molar-refractivity contribution < 1.29 is 14.4 Å². The highest BCUT2D eigenvalue weighted by Gasteiger charge is 1.93. The van der Waals surface area contributed by atoms with Crippen molar-refractivity contribution >= 4 is 20.9 Å². The molecule has 0 radical (unpaired) electrons. The van der Waals surface area contributed by atoms with Crippen LogP contribution in [0.25, 0.3) is 0 Å². The number of thiol groups is 1. The summed E-state index contributed by atoms with van der Waals surface area (Å²) < 4.78 is 8.70. The highest BCUT2D eigenvalue weighted by Crippen LogP contribution is 1.98. The van der Waals surface area contributed by atoms with Gasteiger partial charge in [-0.05, 0) is 6.26 Å². The summed E-state index contributed by atoms with van der Waals surface area (Å²) in [6.45, 7) is 0. The standard InChI is InChI=1S/CH4S.HO3P/c1-2;1-4(2)3/h2H,1H3;(H-,1,2,3)/p+1. The lowest BCUT2D eigenvalue weighted by Gasteiger charge is -1.34. The molecule has 0 aromatic heterocycles.